The molecule has 2 heterocycles. The number of nitrogens with one attached hydrogen (secondary N) is 1. The fraction of sp³-hybridized carbons (Fsp3) is 0.167. The Balaban J connectivity index is 1.53. The van der Waals surface area contributed by atoms with Gasteiger partial charge in [0.1, 0.15) is 17.3 Å². The third-order valence-electron chi connectivity index (χ3n) is 4.75. The van der Waals surface area contributed by atoms with Gasteiger partial charge in [-0.15, -0.1) is 10.2 Å². The fourth-order valence-electron chi connectivity index (χ4n) is 3.07. The molecule has 0 atom stereocenters. The molecule has 33 heavy (non-hydrogen) atoms. The summed E-state index contributed by atoms with van der Waals surface area (Å²) in [5.74, 6) is 2.66. The van der Waals surface area contributed by atoms with E-state index in [2.05, 4.69) is 20.7 Å². The molecule has 0 radical (unpaired) electrons. The number of carbonyl (C=O) groups excluding carboxylic acids is 1. The van der Waals surface area contributed by atoms with Crippen molar-refractivity contribution in [1.82, 2.24) is 20.2 Å². The molecule has 0 unspecified atom stereocenters. The summed E-state index contributed by atoms with van der Waals surface area (Å²) in [6, 6.07) is 19.3. The second kappa shape index (κ2) is 10.2. The van der Waals surface area contributed by atoms with E-state index in [1.807, 2.05) is 73.0 Å². The zero-order valence-corrected chi connectivity index (χ0v) is 19.3. The highest BCUT2D eigenvalue weighted by molar-refractivity contribution is 7.99. The van der Waals surface area contributed by atoms with Crippen molar-refractivity contribution in [1.29, 1.82) is 0 Å². The van der Waals surface area contributed by atoms with E-state index >= 15 is 0 Å². The minimum absolute atomic E-state index is 0.126. The molecule has 2 aromatic carbocycles. The average molecular weight is 462 g/mol. The number of aromatic nitrogens is 3. The molecule has 0 aliphatic rings. The third-order valence-corrected chi connectivity index (χ3v) is 5.68. The molecule has 0 bridgehead atoms. The number of ether oxygens (including phenoxy) is 1. The van der Waals surface area contributed by atoms with E-state index in [4.69, 9.17) is 9.15 Å². The fourth-order valence-corrected chi connectivity index (χ4v) is 3.81. The quantitative estimate of drug-likeness (QED) is 0.238. The minimum atomic E-state index is -0.260. The van der Waals surface area contributed by atoms with Crippen LogP contribution in [0, 0.1) is 13.8 Å². The maximum atomic E-state index is 12.3. The molecule has 4 aromatic rings. The molecular formula is C24H23N5O3S. The van der Waals surface area contributed by atoms with Crippen molar-refractivity contribution in [3.63, 3.8) is 0 Å². The minimum Gasteiger partial charge on any atom is -0.497 e. The van der Waals surface area contributed by atoms with Gasteiger partial charge >= 0.3 is 0 Å². The number of benzene rings is 2. The predicted octanol–water partition coefficient (Wildman–Crippen LogP) is 4.40. The molecule has 1 amide bonds. The van der Waals surface area contributed by atoms with Gasteiger partial charge in [0.15, 0.2) is 11.0 Å². The maximum Gasteiger partial charge on any atom is 0.250 e. The monoisotopic (exact) mass is 461 g/mol. The van der Waals surface area contributed by atoms with Gasteiger partial charge in [-0.3, -0.25) is 9.36 Å². The summed E-state index contributed by atoms with van der Waals surface area (Å²) >= 11 is 1.28. The SMILES string of the molecule is COc1ccc(-c2nnc(SCC(=O)N/N=C\c3ccc(C)o3)n2-c2ccc(C)cc2)cc1. The van der Waals surface area contributed by atoms with Crippen LogP contribution in [0.2, 0.25) is 0 Å². The lowest BCUT2D eigenvalue weighted by Crippen LogP contribution is -2.19. The van der Waals surface area contributed by atoms with Crippen LogP contribution in [0.1, 0.15) is 17.1 Å². The zero-order chi connectivity index (χ0) is 23.2. The normalized spacial score (nSPS) is 11.1. The van der Waals surface area contributed by atoms with Crippen LogP contribution in [0.4, 0.5) is 0 Å². The van der Waals surface area contributed by atoms with Crippen LogP contribution >= 0.6 is 11.8 Å². The van der Waals surface area contributed by atoms with Crippen LogP contribution in [-0.2, 0) is 4.79 Å². The van der Waals surface area contributed by atoms with Crippen molar-refractivity contribution < 1.29 is 13.9 Å². The topological polar surface area (TPSA) is 94.5 Å². The largest absolute Gasteiger partial charge is 0.497 e. The Labute approximate surface area is 195 Å². The van der Waals surface area contributed by atoms with Crippen LogP contribution in [-0.4, -0.2) is 39.7 Å². The Morgan fingerprint density at radius 3 is 2.52 bits per heavy atom. The summed E-state index contributed by atoms with van der Waals surface area (Å²) in [5, 5.41) is 13.3. The van der Waals surface area contributed by atoms with Gasteiger partial charge in [0.05, 0.1) is 19.1 Å². The van der Waals surface area contributed by atoms with E-state index in [9.17, 15) is 4.79 Å². The van der Waals surface area contributed by atoms with E-state index < -0.39 is 0 Å². The van der Waals surface area contributed by atoms with Gasteiger partial charge in [0.2, 0.25) is 0 Å². The zero-order valence-electron chi connectivity index (χ0n) is 18.5. The molecule has 2 aromatic heterocycles. The van der Waals surface area contributed by atoms with E-state index in [0.717, 1.165) is 28.3 Å². The summed E-state index contributed by atoms with van der Waals surface area (Å²) in [7, 11) is 1.63. The van der Waals surface area contributed by atoms with Gasteiger partial charge in [-0.05, 0) is 62.4 Å². The Morgan fingerprint density at radius 2 is 1.85 bits per heavy atom. The summed E-state index contributed by atoms with van der Waals surface area (Å²) in [5.41, 5.74) is 5.45. The van der Waals surface area contributed by atoms with Crippen molar-refractivity contribution >= 4 is 23.9 Å². The number of furan rings is 1. The van der Waals surface area contributed by atoms with Crippen molar-refractivity contribution in [3.05, 3.63) is 77.7 Å². The van der Waals surface area contributed by atoms with E-state index in [1.165, 1.54) is 18.0 Å². The lowest BCUT2D eigenvalue weighted by Gasteiger charge is -2.11. The van der Waals surface area contributed by atoms with Gasteiger partial charge < -0.3 is 9.15 Å². The van der Waals surface area contributed by atoms with E-state index in [1.54, 1.807) is 13.2 Å². The number of aryl methyl sites for hydroxylation is 2. The predicted molar refractivity (Wildman–Crippen MR) is 128 cm³/mol. The molecule has 0 spiro atoms. The number of amides is 1. The molecule has 4 rings (SSSR count). The van der Waals surface area contributed by atoms with Crippen molar-refractivity contribution in [3.8, 4) is 22.8 Å². The summed E-state index contributed by atoms with van der Waals surface area (Å²) in [4.78, 5) is 12.3. The summed E-state index contributed by atoms with van der Waals surface area (Å²) in [6.07, 6.45) is 1.46. The highest BCUT2D eigenvalue weighted by atomic mass is 32.2. The second-order valence-electron chi connectivity index (χ2n) is 7.24. The number of thioether (sulfide) groups is 1. The van der Waals surface area contributed by atoms with Gasteiger partial charge in [-0.1, -0.05) is 29.5 Å². The van der Waals surface area contributed by atoms with Crippen molar-refractivity contribution in [2.45, 2.75) is 19.0 Å². The van der Waals surface area contributed by atoms with Gasteiger partial charge in [-0.2, -0.15) is 5.10 Å². The Bertz CT molecular complexity index is 1260. The Morgan fingerprint density at radius 1 is 1.09 bits per heavy atom. The Hall–Kier alpha value is -3.85. The van der Waals surface area contributed by atoms with Crippen LogP contribution in [0.15, 0.2) is 75.3 Å². The first-order valence-corrected chi connectivity index (χ1v) is 11.2. The van der Waals surface area contributed by atoms with Gasteiger partial charge in [0.25, 0.3) is 5.91 Å². The molecule has 8 nitrogen and oxygen atoms in total. The number of hydrogen-bond acceptors (Lipinski definition) is 7. The summed E-state index contributed by atoms with van der Waals surface area (Å²) < 4.78 is 12.6. The Kier molecular flexibility index (Phi) is 6.89. The van der Waals surface area contributed by atoms with E-state index in [0.29, 0.717) is 16.7 Å². The number of methoxy groups -OCH3 is 1. The third kappa shape index (κ3) is 5.50. The number of rotatable bonds is 8. The van der Waals surface area contributed by atoms with Crippen LogP contribution in [0.3, 0.4) is 0 Å². The lowest BCUT2D eigenvalue weighted by atomic mass is 10.2. The first kappa shape index (κ1) is 22.3. The van der Waals surface area contributed by atoms with Crippen LogP contribution in [0.5, 0.6) is 5.75 Å². The number of carbonyl (C=O) groups is 1. The summed E-state index contributed by atoms with van der Waals surface area (Å²) in [6.45, 7) is 3.88. The van der Waals surface area contributed by atoms with Crippen molar-refractivity contribution in [2.75, 3.05) is 12.9 Å². The van der Waals surface area contributed by atoms with Gasteiger partial charge in [-0.25, -0.2) is 5.43 Å². The molecule has 0 aliphatic carbocycles. The first-order valence-electron chi connectivity index (χ1n) is 10.2. The number of hydrazone groups is 1. The highest BCUT2D eigenvalue weighted by Gasteiger charge is 2.17. The molecule has 0 saturated heterocycles. The lowest BCUT2D eigenvalue weighted by molar-refractivity contribution is -0.118. The molecule has 0 aliphatic heterocycles. The molecule has 0 saturated carbocycles. The highest BCUT2D eigenvalue weighted by Crippen LogP contribution is 2.29. The van der Waals surface area contributed by atoms with Crippen molar-refractivity contribution in [2.24, 2.45) is 5.10 Å². The second-order valence-corrected chi connectivity index (χ2v) is 8.18. The number of hydrogen-bond donors (Lipinski definition) is 1. The molecular weight excluding hydrogens is 438 g/mol. The standard InChI is InChI=1S/C24H23N5O3S/c1-16-4-9-19(10-5-16)29-23(18-7-12-20(31-3)13-8-18)27-28-24(29)33-15-22(30)26-25-14-21-11-6-17(2)32-21/h4-14H,15H2,1-3H3,(H,26,30)/b25-14-. The van der Waals surface area contributed by atoms with Gasteiger partial charge in [0, 0.05) is 11.3 Å². The van der Waals surface area contributed by atoms with E-state index in [-0.39, 0.29) is 11.7 Å². The maximum absolute atomic E-state index is 12.3. The molecule has 1 N–H and O–H groups in total. The molecule has 9 heteroatoms. The van der Waals surface area contributed by atoms with Crippen LogP contribution < -0.4 is 10.2 Å². The van der Waals surface area contributed by atoms with Crippen LogP contribution in [0.25, 0.3) is 17.1 Å². The molecule has 168 valence electrons. The average Bonchev–Trinajstić information content (AvgIpc) is 3.44. The first-order chi connectivity index (χ1) is 16.0. The smallest absolute Gasteiger partial charge is 0.250 e. The number of nitrogens with zero attached hydrogens (tertiary/aromatic N) is 4. The molecule has 0 fully saturated rings.